The molecule has 1 N–H and O–H groups in total. The summed E-state index contributed by atoms with van der Waals surface area (Å²) < 4.78 is 0. The Morgan fingerprint density at radius 3 is 2.87 bits per heavy atom. The van der Waals surface area contributed by atoms with Gasteiger partial charge in [0.25, 0.3) is 5.56 Å². The second-order valence-electron chi connectivity index (χ2n) is 7.31. The molecule has 0 saturated heterocycles. The van der Waals surface area contributed by atoms with E-state index in [2.05, 4.69) is 16.0 Å². The number of benzene rings is 2. The fourth-order valence-corrected chi connectivity index (χ4v) is 4.74. The third-order valence-corrected chi connectivity index (χ3v) is 6.38. The van der Waals surface area contributed by atoms with Crippen LogP contribution >= 0.6 is 23.4 Å². The third-order valence-electron chi connectivity index (χ3n) is 5.20. The summed E-state index contributed by atoms with van der Waals surface area (Å²) >= 11 is 7.46. The van der Waals surface area contributed by atoms with Crippen LogP contribution in [0.25, 0.3) is 0 Å². The van der Waals surface area contributed by atoms with Crippen LogP contribution in [0.5, 0.6) is 0 Å². The van der Waals surface area contributed by atoms with Gasteiger partial charge < -0.3 is 9.88 Å². The quantitative estimate of drug-likeness (QED) is 0.468. The zero-order valence-electron chi connectivity index (χ0n) is 16.7. The van der Waals surface area contributed by atoms with Crippen LogP contribution < -0.4 is 10.5 Å². The first-order valence-electron chi connectivity index (χ1n) is 9.86. The van der Waals surface area contributed by atoms with Crippen molar-refractivity contribution >= 4 is 35.0 Å². The number of aryl methyl sites for hydroxylation is 2. The number of aromatic amines is 1. The molecule has 1 aliphatic heterocycles. The number of amides is 1. The molecule has 0 radical (unpaired) electrons. The minimum atomic E-state index is -0.255. The maximum atomic E-state index is 13.0. The molecule has 0 saturated carbocycles. The average molecular weight is 440 g/mol. The van der Waals surface area contributed by atoms with E-state index in [9.17, 15) is 9.59 Å². The van der Waals surface area contributed by atoms with Crippen molar-refractivity contribution < 1.29 is 4.79 Å². The minimum Gasteiger partial charge on any atom is -0.312 e. The lowest BCUT2D eigenvalue weighted by Gasteiger charge is -2.29. The van der Waals surface area contributed by atoms with Gasteiger partial charge in [-0.05, 0) is 49.1 Å². The number of H-pyrrole nitrogens is 1. The van der Waals surface area contributed by atoms with Crippen molar-refractivity contribution in [1.29, 1.82) is 0 Å². The van der Waals surface area contributed by atoms with Crippen LogP contribution in [0.2, 0.25) is 5.02 Å². The number of fused-ring (bicyclic) bond motifs is 1. The van der Waals surface area contributed by atoms with Gasteiger partial charge in [-0.15, -0.1) is 0 Å². The molecule has 0 aliphatic carbocycles. The summed E-state index contributed by atoms with van der Waals surface area (Å²) in [5, 5.41) is 1.22. The first kappa shape index (κ1) is 20.7. The van der Waals surface area contributed by atoms with Crippen molar-refractivity contribution in [2.45, 2.75) is 37.1 Å². The Bertz CT molecular complexity index is 1150. The molecule has 0 bridgehead atoms. The van der Waals surface area contributed by atoms with E-state index < -0.39 is 0 Å². The summed E-state index contributed by atoms with van der Waals surface area (Å²) in [7, 11) is 0. The average Bonchev–Trinajstić information content (AvgIpc) is 2.74. The number of nitrogens with one attached hydrogen (secondary N) is 1. The van der Waals surface area contributed by atoms with Crippen molar-refractivity contribution in [1.82, 2.24) is 9.97 Å². The normalized spacial score (nSPS) is 13.2. The van der Waals surface area contributed by atoms with E-state index in [1.54, 1.807) is 11.8 Å². The Morgan fingerprint density at radius 1 is 1.23 bits per heavy atom. The van der Waals surface area contributed by atoms with Gasteiger partial charge in [-0.25, -0.2) is 4.98 Å². The summed E-state index contributed by atoms with van der Waals surface area (Å²) in [6.45, 7) is 2.46. The minimum absolute atomic E-state index is 0.0434. The summed E-state index contributed by atoms with van der Waals surface area (Å²) in [6, 6.07) is 15.6. The second kappa shape index (κ2) is 9.06. The van der Waals surface area contributed by atoms with Crippen molar-refractivity contribution in [3.8, 4) is 0 Å². The Balaban J connectivity index is 1.49. The van der Waals surface area contributed by atoms with Crippen LogP contribution in [0.15, 0.2) is 58.5 Å². The molecule has 7 heteroatoms. The van der Waals surface area contributed by atoms with Crippen LogP contribution in [0.3, 0.4) is 0 Å². The standard InChI is InChI=1S/C23H22ClN3O2S/c1-15-19(13-21(28)27-11-5-8-17-7-2-3-10-20(17)27)22(29)26-23(25-15)30-14-16-6-4-9-18(24)12-16/h2-4,6-7,9-10,12H,5,8,11,13-14H2,1H3,(H,25,26,29). The number of nitrogens with zero attached hydrogens (tertiary/aromatic N) is 2. The molecule has 1 aliphatic rings. The van der Waals surface area contributed by atoms with Crippen molar-refractivity contribution in [2.75, 3.05) is 11.4 Å². The second-order valence-corrected chi connectivity index (χ2v) is 8.71. The number of anilines is 1. The number of hydrogen-bond acceptors (Lipinski definition) is 4. The van der Waals surface area contributed by atoms with Gasteiger partial charge in [0, 0.05) is 34.3 Å². The third kappa shape index (κ3) is 4.60. The predicted octanol–water partition coefficient (Wildman–Crippen LogP) is 4.55. The molecule has 4 rings (SSSR count). The highest BCUT2D eigenvalue weighted by atomic mass is 35.5. The summed E-state index contributed by atoms with van der Waals surface area (Å²) in [5.74, 6) is 0.572. The van der Waals surface area contributed by atoms with Gasteiger partial charge >= 0.3 is 0 Å². The first-order valence-corrected chi connectivity index (χ1v) is 11.2. The zero-order chi connectivity index (χ0) is 21.1. The number of para-hydroxylation sites is 1. The summed E-state index contributed by atoms with van der Waals surface area (Å²) in [6.07, 6.45) is 1.94. The van der Waals surface area contributed by atoms with E-state index in [4.69, 9.17) is 11.6 Å². The van der Waals surface area contributed by atoms with Gasteiger partial charge in [-0.1, -0.05) is 53.7 Å². The molecule has 0 fully saturated rings. The van der Waals surface area contributed by atoms with Gasteiger partial charge in [0.1, 0.15) is 0 Å². The Kier molecular flexibility index (Phi) is 6.25. The lowest BCUT2D eigenvalue weighted by molar-refractivity contribution is -0.118. The van der Waals surface area contributed by atoms with E-state index in [1.807, 2.05) is 42.5 Å². The topological polar surface area (TPSA) is 66.1 Å². The van der Waals surface area contributed by atoms with E-state index in [0.29, 0.717) is 33.7 Å². The van der Waals surface area contributed by atoms with Crippen molar-refractivity contribution in [3.63, 3.8) is 0 Å². The molecule has 5 nitrogen and oxygen atoms in total. The number of hydrogen-bond donors (Lipinski definition) is 1. The number of halogens is 1. The van der Waals surface area contributed by atoms with E-state index >= 15 is 0 Å². The van der Waals surface area contributed by atoms with Gasteiger partial charge in [0.2, 0.25) is 5.91 Å². The van der Waals surface area contributed by atoms with Gasteiger partial charge in [-0.3, -0.25) is 9.59 Å². The number of aromatic nitrogens is 2. The van der Waals surface area contributed by atoms with Crippen LogP contribution in [0.4, 0.5) is 5.69 Å². The predicted molar refractivity (Wildman–Crippen MR) is 121 cm³/mol. The lowest BCUT2D eigenvalue weighted by Crippen LogP contribution is -2.37. The van der Waals surface area contributed by atoms with E-state index in [1.165, 1.54) is 17.3 Å². The molecule has 154 valence electrons. The molecule has 3 aromatic rings. The highest BCUT2D eigenvalue weighted by Gasteiger charge is 2.24. The van der Waals surface area contributed by atoms with Crippen molar-refractivity contribution in [3.05, 3.63) is 86.3 Å². The number of carbonyl (C=O) groups excluding carboxylic acids is 1. The largest absolute Gasteiger partial charge is 0.312 e. The highest BCUT2D eigenvalue weighted by molar-refractivity contribution is 7.98. The van der Waals surface area contributed by atoms with Gasteiger partial charge in [0.15, 0.2) is 5.16 Å². The molecular weight excluding hydrogens is 418 g/mol. The van der Waals surface area contributed by atoms with Crippen LogP contribution in [-0.4, -0.2) is 22.4 Å². The Labute approximate surface area is 184 Å². The zero-order valence-corrected chi connectivity index (χ0v) is 18.2. The van der Waals surface area contributed by atoms with E-state index in [0.717, 1.165) is 24.1 Å². The maximum Gasteiger partial charge on any atom is 0.255 e. The molecule has 0 unspecified atom stereocenters. The summed E-state index contributed by atoms with van der Waals surface area (Å²) in [5.41, 5.74) is 3.94. The smallest absolute Gasteiger partial charge is 0.255 e. The summed E-state index contributed by atoms with van der Waals surface area (Å²) in [4.78, 5) is 34.8. The molecule has 1 amide bonds. The molecule has 0 atom stereocenters. The molecule has 1 aromatic heterocycles. The molecule has 0 spiro atoms. The monoisotopic (exact) mass is 439 g/mol. The lowest BCUT2D eigenvalue weighted by atomic mass is 10.0. The van der Waals surface area contributed by atoms with E-state index in [-0.39, 0.29) is 17.9 Å². The Hall–Kier alpha value is -2.57. The number of rotatable bonds is 5. The van der Waals surface area contributed by atoms with Crippen LogP contribution in [-0.2, 0) is 23.4 Å². The highest BCUT2D eigenvalue weighted by Crippen LogP contribution is 2.27. The maximum absolute atomic E-state index is 13.0. The van der Waals surface area contributed by atoms with Gasteiger partial charge in [0.05, 0.1) is 6.42 Å². The number of carbonyl (C=O) groups is 1. The van der Waals surface area contributed by atoms with Crippen LogP contribution in [0.1, 0.15) is 28.8 Å². The molecule has 2 heterocycles. The molecular formula is C23H22ClN3O2S. The fraction of sp³-hybridized carbons (Fsp3) is 0.261. The molecule has 2 aromatic carbocycles. The Morgan fingerprint density at radius 2 is 2.07 bits per heavy atom. The fourth-order valence-electron chi connectivity index (χ4n) is 3.68. The molecule has 30 heavy (non-hydrogen) atoms. The van der Waals surface area contributed by atoms with Crippen molar-refractivity contribution in [2.24, 2.45) is 0 Å². The number of thioether (sulfide) groups is 1. The van der Waals surface area contributed by atoms with Gasteiger partial charge in [-0.2, -0.15) is 0 Å². The first-order chi connectivity index (χ1) is 14.5. The van der Waals surface area contributed by atoms with Crippen LogP contribution in [0, 0.1) is 6.92 Å². The SMILES string of the molecule is Cc1nc(SCc2cccc(Cl)c2)[nH]c(=O)c1CC(=O)N1CCCc2ccccc21.